The Hall–Kier alpha value is 1.46. The second kappa shape index (κ2) is 4.35. The first kappa shape index (κ1) is 8.46. The molecule has 0 amide bonds. The first-order valence-electron chi connectivity index (χ1n) is 2.26. The van der Waals surface area contributed by atoms with Gasteiger partial charge in [0, 0.05) is 7.85 Å². The van der Waals surface area contributed by atoms with Gasteiger partial charge in [0.05, 0.1) is 0 Å². The van der Waals surface area contributed by atoms with E-state index in [2.05, 4.69) is 65.5 Å². The van der Waals surface area contributed by atoms with Crippen LogP contribution in [0.5, 0.6) is 0 Å². The highest BCUT2D eigenvalue weighted by molar-refractivity contribution is 14.1. The molecule has 0 rings (SSSR count). The van der Waals surface area contributed by atoms with Gasteiger partial charge < -0.3 is 0 Å². The molecule has 0 saturated carbocycles. The van der Waals surface area contributed by atoms with Gasteiger partial charge >= 0.3 is 0 Å². The highest BCUT2D eigenvalue weighted by atomic mass is 127. The molecule has 0 aliphatic carbocycles. The van der Waals surface area contributed by atoms with Crippen LogP contribution in [0.25, 0.3) is 0 Å². The van der Waals surface area contributed by atoms with Crippen molar-refractivity contribution < 1.29 is 0 Å². The summed E-state index contributed by atoms with van der Waals surface area (Å²) in [4.78, 5) is 0. The molecule has 0 fully saturated rings. The van der Waals surface area contributed by atoms with Crippen LogP contribution < -0.4 is 0 Å². The lowest BCUT2D eigenvalue weighted by Gasteiger charge is -2.06. The summed E-state index contributed by atoms with van der Waals surface area (Å²) in [5.74, 6) is 0. The molecule has 0 heterocycles. The number of halogens is 2. The predicted molar refractivity (Wildman–Crippen MR) is 51.3 cm³/mol. The molecule has 0 nitrogen and oxygen atoms in total. The van der Waals surface area contributed by atoms with Gasteiger partial charge in [0.15, 0.2) is 0 Å². The minimum absolute atomic E-state index is 0.734. The van der Waals surface area contributed by atoms with E-state index >= 15 is 0 Å². The maximum absolute atomic E-state index is 2.43. The van der Waals surface area contributed by atoms with E-state index in [0.29, 0.717) is 0 Å². The predicted octanol–water partition coefficient (Wildman–Crippen LogP) is 2.84. The smallest absolute Gasteiger partial charge is 0.0253 e. The average molecular weight is 323 g/mol. The van der Waals surface area contributed by atoms with Crippen LogP contribution in [0, 0.1) is 6.42 Å². The molecule has 7 heavy (non-hydrogen) atoms. The molecule has 43 valence electrons. The highest BCUT2D eigenvalue weighted by Crippen LogP contribution is 2.16. The molecule has 2 unspecified atom stereocenters. The Morgan fingerprint density at radius 1 is 1.43 bits per heavy atom. The van der Waals surface area contributed by atoms with Crippen molar-refractivity contribution in [1.29, 1.82) is 0 Å². The van der Waals surface area contributed by atoms with Crippen molar-refractivity contribution in [3.63, 3.8) is 0 Å². The van der Waals surface area contributed by atoms with Crippen molar-refractivity contribution in [3.05, 3.63) is 6.42 Å². The first-order valence-corrected chi connectivity index (χ1v) is 4.75. The number of hydrogen-bond donors (Lipinski definition) is 0. The van der Waals surface area contributed by atoms with E-state index in [4.69, 9.17) is 0 Å². The van der Waals surface area contributed by atoms with E-state index in [1.807, 2.05) is 0 Å². The maximum Gasteiger partial charge on any atom is 0.0253 e. The third-order valence-corrected chi connectivity index (χ3v) is 4.71. The normalized spacial score (nSPS) is 18.9. The van der Waals surface area contributed by atoms with E-state index in [-0.39, 0.29) is 0 Å². The Kier molecular flexibility index (Phi) is 5.26. The fraction of sp³-hybridized carbons (Fsp3) is 0.800. The van der Waals surface area contributed by atoms with Crippen LogP contribution in [0.4, 0.5) is 0 Å². The van der Waals surface area contributed by atoms with Crippen molar-refractivity contribution in [1.82, 2.24) is 0 Å². The van der Waals surface area contributed by atoms with E-state index < -0.39 is 0 Å². The molecule has 0 aliphatic heterocycles. The Morgan fingerprint density at radius 2 is 1.86 bits per heavy atom. The van der Waals surface area contributed by atoms with Crippen molar-refractivity contribution in [2.75, 3.05) is 0 Å². The minimum atomic E-state index is 0.734. The summed E-state index contributed by atoms with van der Waals surface area (Å²) in [7, 11) is 0. The second-order valence-electron chi connectivity index (χ2n) is 1.46. The highest BCUT2D eigenvalue weighted by Gasteiger charge is 2.05. The molecule has 0 aromatic heterocycles. The van der Waals surface area contributed by atoms with Crippen LogP contribution in [0.15, 0.2) is 0 Å². The van der Waals surface area contributed by atoms with Gasteiger partial charge in [0.1, 0.15) is 0 Å². The summed E-state index contributed by atoms with van der Waals surface area (Å²) >= 11 is 4.86. The lowest BCUT2D eigenvalue weighted by Crippen LogP contribution is -2.07. The zero-order chi connectivity index (χ0) is 5.86. The Morgan fingerprint density at radius 3 is 1.86 bits per heavy atom. The lowest BCUT2D eigenvalue weighted by atomic mass is 10.3. The fourth-order valence-corrected chi connectivity index (χ4v) is 0.680. The Bertz CT molecular complexity index is 43.3. The summed E-state index contributed by atoms with van der Waals surface area (Å²) in [6, 6.07) is 0. The van der Waals surface area contributed by atoms with Gasteiger partial charge in [-0.2, -0.15) is 0 Å². The summed E-state index contributed by atoms with van der Waals surface area (Å²) in [5.41, 5.74) is 0. The van der Waals surface area contributed by atoms with Gasteiger partial charge in [-0.1, -0.05) is 59.0 Å². The molecule has 0 aromatic carbocycles. The molecular weight excluding hydrogens is 314 g/mol. The molecule has 0 spiro atoms. The topological polar surface area (TPSA) is 0 Å². The zero-order valence-electron chi connectivity index (χ0n) is 4.49. The second-order valence-corrected chi connectivity index (χ2v) is 4.86. The van der Waals surface area contributed by atoms with E-state index in [9.17, 15) is 0 Å². The van der Waals surface area contributed by atoms with Crippen LogP contribution >= 0.6 is 45.2 Å². The molecular formula is C5H9I2. The molecule has 2 heteroatoms. The number of rotatable bonds is 2. The molecule has 1 radical (unpaired) electrons. The largest absolute Gasteiger partial charge is 0.0818 e. The number of hydrogen-bond acceptors (Lipinski definition) is 0. The summed E-state index contributed by atoms with van der Waals surface area (Å²) < 4.78 is 1.50. The molecule has 0 N–H and O–H groups in total. The minimum Gasteiger partial charge on any atom is -0.0818 e. The van der Waals surface area contributed by atoms with Crippen molar-refractivity contribution in [2.45, 2.75) is 21.7 Å². The van der Waals surface area contributed by atoms with Crippen molar-refractivity contribution >= 4 is 45.2 Å². The summed E-state index contributed by atoms with van der Waals surface area (Å²) in [6.45, 7) is 4.32. The monoisotopic (exact) mass is 323 g/mol. The van der Waals surface area contributed by atoms with Crippen LogP contribution in [0.3, 0.4) is 0 Å². The quantitative estimate of drug-likeness (QED) is 0.542. The molecule has 0 aliphatic rings. The fourth-order valence-electron chi connectivity index (χ4n) is 0.265. The standard InChI is InChI=1S/C5H9I2/c1-3-5(7)4(2)6/h3-5H,1-2H3. The molecule has 0 bridgehead atoms. The average Bonchev–Trinajstić information content (AvgIpc) is 1.65. The number of alkyl halides is 2. The first-order chi connectivity index (χ1) is 3.18. The molecule has 0 saturated heterocycles. The SMILES string of the molecule is C[CH]C(I)C(C)I. The summed E-state index contributed by atoms with van der Waals surface area (Å²) in [5, 5.41) is 0. The zero-order valence-corrected chi connectivity index (χ0v) is 8.80. The Balaban J connectivity index is 3.14. The van der Waals surface area contributed by atoms with Gasteiger partial charge in [0.2, 0.25) is 0 Å². The van der Waals surface area contributed by atoms with Gasteiger partial charge in [0.25, 0.3) is 0 Å². The van der Waals surface area contributed by atoms with Crippen LogP contribution in [0.1, 0.15) is 13.8 Å². The van der Waals surface area contributed by atoms with Crippen LogP contribution in [0.2, 0.25) is 0 Å². The third-order valence-electron chi connectivity index (χ3n) is 0.757. The van der Waals surface area contributed by atoms with E-state index in [1.54, 1.807) is 0 Å². The van der Waals surface area contributed by atoms with E-state index in [1.165, 1.54) is 0 Å². The lowest BCUT2D eigenvalue weighted by molar-refractivity contribution is 1.00. The Labute approximate surface area is 72.7 Å². The van der Waals surface area contributed by atoms with Crippen molar-refractivity contribution in [3.8, 4) is 0 Å². The molecule has 0 aromatic rings. The molecule has 2 atom stereocenters. The van der Waals surface area contributed by atoms with E-state index in [0.717, 1.165) is 7.85 Å². The third kappa shape index (κ3) is 4.00. The van der Waals surface area contributed by atoms with Crippen molar-refractivity contribution in [2.24, 2.45) is 0 Å². The van der Waals surface area contributed by atoms with Gasteiger partial charge in [-0.25, -0.2) is 0 Å². The van der Waals surface area contributed by atoms with Crippen LogP contribution in [-0.4, -0.2) is 7.85 Å². The maximum atomic E-state index is 2.43. The van der Waals surface area contributed by atoms with Crippen LogP contribution in [-0.2, 0) is 0 Å². The van der Waals surface area contributed by atoms with Gasteiger partial charge in [-0.05, 0) is 6.42 Å². The summed E-state index contributed by atoms with van der Waals surface area (Å²) in [6.07, 6.45) is 2.22. The van der Waals surface area contributed by atoms with Gasteiger partial charge in [-0.3, -0.25) is 0 Å². The van der Waals surface area contributed by atoms with Gasteiger partial charge in [-0.15, -0.1) is 0 Å².